The molecule has 1 saturated heterocycles. The largest absolute Gasteiger partial charge is 0.338 e. The maximum Gasteiger partial charge on any atom is 0.226 e. The fourth-order valence-corrected chi connectivity index (χ4v) is 5.60. The van der Waals surface area contributed by atoms with Gasteiger partial charge in [0.2, 0.25) is 11.9 Å². The molecule has 4 aromatic rings. The Kier molecular flexibility index (Phi) is 5.40. The molecule has 6 rings (SSSR count). The average Bonchev–Trinajstić information content (AvgIpc) is 3.55. The van der Waals surface area contributed by atoms with E-state index in [2.05, 4.69) is 61.7 Å². The molecule has 7 heteroatoms. The van der Waals surface area contributed by atoms with Crippen molar-refractivity contribution in [2.75, 3.05) is 24.5 Å². The Bertz CT molecular complexity index is 1330. The molecule has 7 nitrogen and oxygen atoms in total. The molecular weight excluding hydrogens is 424 g/mol. The third kappa shape index (κ3) is 3.69. The van der Waals surface area contributed by atoms with Crippen LogP contribution in [0.1, 0.15) is 44.0 Å². The van der Waals surface area contributed by atoms with Gasteiger partial charge in [-0.15, -0.1) is 10.2 Å². The number of aromatic nitrogens is 4. The van der Waals surface area contributed by atoms with Crippen molar-refractivity contribution in [3.8, 4) is 0 Å². The zero-order chi connectivity index (χ0) is 23.1. The highest BCUT2D eigenvalue weighted by molar-refractivity contribution is 5.92. The smallest absolute Gasteiger partial charge is 0.226 e. The molecule has 0 radical (unpaired) electrons. The van der Waals surface area contributed by atoms with Crippen molar-refractivity contribution < 1.29 is 4.79 Å². The summed E-state index contributed by atoms with van der Waals surface area (Å²) in [7, 11) is 0. The number of piperazine rings is 1. The van der Waals surface area contributed by atoms with Crippen molar-refractivity contribution in [3.63, 3.8) is 0 Å². The van der Waals surface area contributed by atoms with Crippen LogP contribution < -0.4 is 4.90 Å². The van der Waals surface area contributed by atoms with Crippen LogP contribution in [-0.2, 0) is 11.2 Å². The highest BCUT2D eigenvalue weighted by atomic mass is 16.2. The van der Waals surface area contributed by atoms with Gasteiger partial charge in [0.15, 0.2) is 5.65 Å². The Morgan fingerprint density at radius 1 is 0.971 bits per heavy atom. The van der Waals surface area contributed by atoms with Gasteiger partial charge in [-0.1, -0.05) is 55.3 Å². The van der Waals surface area contributed by atoms with E-state index in [0.717, 1.165) is 60.8 Å². The number of hydrogen-bond donors (Lipinski definition) is 0. The summed E-state index contributed by atoms with van der Waals surface area (Å²) in [6.45, 7) is 4.39. The van der Waals surface area contributed by atoms with E-state index >= 15 is 0 Å². The number of benzene rings is 2. The summed E-state index contributed by atoms with van der Waals surface area (Å²) in [4.78, 5) is 22.6. The normalized spacial score (nSPS) is 19.4. The minimum Gasteiger partial charge on any atom is -0.338 e. The predicted molar refractivity (Wildman–Crippen MR) is 133 cm³/mol. The zero-order valence-electron chi connectivity index (χ0n) is 19.6. The molecule has 1 aliphatic carbocycles. The summed E-state index contributed by atoms with van der Waals surface area (Å²) in [6.07, 6.45) is 5.14. The lowest BCUT2D eigenvalue weighted by Crippen LogP contribution is -2.55. The number of nitrogens with zero attached hydrogens (tertiary/aromatic N) is 6. The van der Waals surface area contributed by atoms with Crippen molar-refractivity contribution in [2.24, 2.45) is 5.92 Å². The van der Waals surface area contributed by atoms with Gasteiger partial charge in [0.25, 0.3) is 0 Å². The van der Waals surface area contributed by atoms with Crippen LogP contribution in [-0.4, -0.2) is 56.1 Å². The molecule has 2 fully saturated rings. The Labute approximate surface area is 199 Å². The zero-order valence-corrected chi connectivity index (χ0v) is 19.6. The molecule has 1 saturated carbocycles. The van der Waals surface area contributed by atoms with Crippen LogP contribution in [0.5, 0.6) is 0 Å². The van der Waals surface area contributed by atoms with Crippen molar-refractivity contribution in [1.82, 2.24) is 24.5 Å². The number of rotatable bonds is 4. The Morgan fingerprint density at radius 3 is 2.53 bits per heavy atom. The highest BCUT2D eigenvalue weighted by Gasteiger charge is 2.34. The summed E-state index contributed by atoms with van der Waals surface area (Å²) >= 11 is 0. The molecule has 174 valence electrons. The second-order valence-electron chi connectivity index (χ2n) is 9.67. The van der Waals surface area contributed by atoms with E-state index in [1.165, 1.54) is 18.4 Å². The Balaban J connectivity index is 1.37. The van der Waals surface area contributed by atoms with E-state index < -0.39 is 0 Å². The molecule has 2 aromatic carbocycles. The van der Waals surface area contributed by atoms with E-state index in [1.807, 2.05) is 24.3 Å². The summed E-state index contributed by atoms with van der Waals surface area (Å²) in [5.41, 5.74) is 2.95. The molecule has 1 amide bonds. The van der Waals surface area contributed by atoms with Crippen LogP contribution in [0.25, 0.3) is 16.6 Å². The van der Waals surface area contributed by atoms with Crippen LogP contribution in [0.4, 0.5) is 5.95 Å². The third-order valence-corrected chi connectivity index (χ3v) is 7.40. The molecule has 2 aliphatic rings. The summed E-state index contributed by atoms with van der Waals surface area (Å²) in [5, 5.41) is 10.2. The van der Waals surface area contributed by atoms with Crippen molar-refractivity contribution in [2.45, 2.75) is 45.1 Å². The molecule has 0 spiro atoms. The minimum atomic E-state index is 0.138. The predicted octanol–water partition coefficient (Wildman–Crippen LogP) is 4.10. The lowest BCUT2D eigenvalue weighted by atomic mass is 10.0. The summed E-state index contributed by atoms with van der Waals surface area (Å²) < 4.78 is 2.12. The standard InChI is InChI=1S/C27H30N6O/c1-19-18-31(15-16-32(19)26(34)21-11-5-6-12-21)27-28-23-14-8-7-13-22(23)25-30-29-24(33(25)27)17-20-9-3-2-4-10-20/h2-4,7-10,13-14,19,21H,5-6,11-12,15-18H2,1H3/t19-/m0/s1. The molecule has 3 heterocycles. The fraction of sp³-hybridized carbons (Fsp3) is 0.407. The van der Waals surface area contributed by atoms with E-state index in [9.17, 15) is 4.79 Å². The second kappa shape index (κ2) is 8.70. The van der Waals surface area contributed by atoms with Crippen molar-refractivity contribution >= 4 is 28.4 Å². The average molecular weight is 455 g/mol. The quantitative estimate of drug-likeness (QED) is 0.465. The molecular formula is C27H30N6O. The summed E-state index contributed by atoms with van der Waals surface area (Å²) in [5.74, 6) is 2.31. The van der Waals surface area contributed by atoms with Gasteiger partial charge in [-0.05, 0) is 37.5 Å². The summed E-state index contributed by atoms with van der Waals surface area (Å²) in [6, 6.07) is 18.6. The van der Waals surface area contributed by atoms with Gasteiger partial charge in [-0.2, -0.15) is 0 Å². The number of hydrogen-bond acceptors (Lipinski definition) is 5. The fourth-order valence-electron chi connectivity index (χ4n) is 5.60. The van der Waals surface area contributed by atoms with Gasteiger partial charge in [-0.3, -0.25) is 4.79 Å². The topological polar surface area (TPSA) is 66.6 Å². The minimum absolute atomic E-state index is 0.138. The highest BCUT2D eigenvalue weighted by Crippen LogP contribution is 2.30. The molecule has 34 heavy (non-hydrogen) atoms. The molecule has 1 atom stereocenters. The first-order valence-corrected chi connectivity index (χ1v) is 12.4. The number of anilines is 1. The maximum atomic E-state index is 13.1. The van der Waals surface area contributed by atoms with Gasteiger partial charge in [0.05, 0.1) is 5.52 Å². The maximum absolute atomic E-state index is 13.1. The molecule has 0 bridgehead atoms. The van der Waals surface area contributed by atoms with Gasteiger partial charge in [0, 0.05) is 43.4 Å². The van der Waals surface area contributed by atoms with Gasteiger partial charge in [-0.25, -0.2) is 9.38 Å². The lowest BCUT2D eigenvalue weighted by Gasteiger charge is -2.41. The first-order chi connectivity index (χ1) is 16.7. The number of carbonyl (C=O) groups excluding carboxylic acids is 1. The number of fused-ring (bicyclic) bond motifs is 3. The van der Waals surface area contributed by atoms with Crippen LogP contribution in [0, 0.1) is 5.92 Å². The molecule has 0 unspecified atom stereocenters. The van der Waals surface area contributed by atoms with Crippen LogP contribution >= 0.6 is 0 Å². The molecule has 1 aliphatic heterocycles. The third-order valence-electron chi connectivity index (χ3n) is 7.40. The monoisotopic (exact) mass is 454 g/mol. The molecule has 0 N–H and O–H groups in total. The van der Waals surface area contributed by atoms with Crippen LogP contribution in [0.2, 0.25) is 0 Å². The second-order valence-corrected chi connectivity index (χ2v) is 9.67. The van der Waals surface area contributed by atoms with Crippen LogP contribution in [0.15, 0.2) is 54.6 Å². The number of carbonyl (C=O) groups is 1. The van der Waals surface area contributed by atoms with Crippen LogP contribution in [0.3, 0.4) is 0 Å². The SMILES string of the molecule is C[C@H]1CN(c2nc3ccccc3c3nnc(Cc4ccccc4)n23)CCN1C(=O)C1CCCC1. The van der Waals surface area contributed by atoms with E-state index in [-0.39, 0.29) is 12.0 Å². The van der Waals surface area contributed by atoms with Gasteiger partial charge >= 0.3 is 0 Å². The Morgan fingerprint density at radius 2 is 1.74 bits per heavy atom. The van der Waals surface area contributed by atoms with Crippen molar-refractivity contribution in [1.29, 1.82) is 0 Å². The number of para-hydroxylation sites is 1. The van der Waals surface area contributed by atoms with E-state index in [0.29, 0.717) is 12.3 Å². The number of amides is 1. The van der Waals surface area contributed by atoms with Gasteiger partial charge in [0.1, 0.15) is 5.82 Å². The first-order valence-electron chi connectivity index (χ1n) is 12.4. The lowest BCUT2D eigenvalue weighted by molar-refractivity contribution is -0.137. The van der Waals surface area contributed by atoms with E-state index in [1.54, 1.807) is 0 Å². The van der Waals surface area contributed by atoms with Crippen molar-refractivity contribution in [3.05, 3.63) is 66.0 Å². The molecule has 2 aromatic heterocycles. The Hall–Kier alpha value is -3.48. The first kappa shape index (κ1) is 21.1. The van der Waals surface area contributed by atoms with E-state index in [4.69, 9.17) is 4.98 Å². The van der Waals surface area contributed by atoms with Gasteiger partial charge < -0.3 is 9.80 Å².